The van der Waals surface area contributed by atoms with Crippen LogP contribution in [0.15, 0.2) is 48.5 Å². The maximum absolute atomic E-state index is 13.4. The minimum Gasteiger partial charge on any atom is -0.452 e. The van der Waals surface area contributed by atoms with Crippen molar-refractivity contribution in [3.05, 3.63) is 70.5 Å². The van der Waals surface area contributed by atoms with Crippen molar-refractivity contribution in [2.24, 2.45) is 0 Å². The van der Waals surface area contributed by atoms with Gasteiger partial charge in [-0.2, -0.15) is 0 Å². The first-order valence-electron chi connectivity index (χ1n) is 6.94. The summed E-state index contributed by atoms with van der Waals surface area (Å²) in [5.41, 5.74) is 0.620. The molecule has 1 atom stereocenters. The molecule has 1 N–H and O–H groups in total. The monoisotopic (exact) mass is 335 g/mol. The van der Waals surface area contributed by atoms with Crippen LogP contribution < -0.4 is 5.32 Å². The highest BCUT2D eigenvalue weighted by Crippen LogP contribution is 2.17. The SMILES string of the molecule is C[C@@H](NC(=O)COC(=O)c1ccccc1F)c1cccc(Cl)c1. The lowest BCUT2D eigenvalue weighted by Gasteiger charge is -2.14. The number of carbonyl (C=O) groups is 2. The second-order valence-electron chi connectivity index (χ2n) is 4.90. The number of hydrogen-bond acceptors (Lipinski definition) is 3. The summed E-state index contributed by atoms with van der Waals surface area (Å²) in [5.74, 6) is -2.05. The first-order valence-corrected chi connectivity index (χ1v) is 7.31. The number of carbonyl (C=O) groups excluding carboxylic acids is 2. The van der Waals surface area contributed by atoms with E-state index in [1.54, 1.807) is 25.1 Å². The van der Waals surface area contributed by atoms with Crippen LogP contribution in [0.2, 0.25) is 5.02 Å². The van der Waals surface area contributed by atoms with Gasteiger partial charge in [0.1, 0.15) is 5.82 Å². The molecule has 0 aromatic heterocycles. The Kier molecular flexibility index (Phi) is 5.71. The molecule has 23 heavy (non-hydrogen) atoms. The van der Waals surface area contributed by atoms with Crippen molar-refractivity contribution in [2.45, 2.75) is 13.0 Å². The Morgan fingerprint density at radius 3 is 2.65 bits per heavy atom. The minimum absolute atomic E-state index is 0.205. The number of rotatable bonds is 5. The van der Waals surface area contributed by atoms with E-state index in [9.17, 15) is 14.0 Å². The number of halogens is 2. The van der Waals surface area contributed by atoms with Crippen molar-refractivity contribution >= 4 is 23.5 Å². The molecule has 2 aromatic carbocycles. The molecule has 0 aliphatic heterocycles. The van der Waals surface area contributed by atoms with Gasteiger partial charge in [0, 0.05) is 5.02 Å². The summed E-state index contributed by atoms with van der Waals surface area (Å²) >= 11 is 5.89. The Morgan fingerprint density at radius 1 is 1.22 bits per heavy atom. The van der Waals surface area contributed by atoms with Crippen LogP contribution in [0.25, 0.3) is 0 Å². The Hall–Kier alpha value is -2.40. The minimum atomic E-state index is -0.881. The maximum atomic E-state index is 13.4. The van der Waals surface area contributed by atoms with Crippen LogP contribution in [-0.4, -0.2) is 18.5 Å². The van der Waals surface area contributed by atoms with E-state index in [0.29, 0.717) is 5.02 Å². The van der Waals surface area contributed by atoms with Gasteiger partial charge in [-0.3, -0.25) is 4.79 Å². The molecule has 1 amide bonds. The Morgan fingerprint density at radius 2 is 1.96 bits per heavy atom. The summed E-state index contributed by atoms with van der Waals surface area (Å²) in [6, 6.07) is 12.2. The number of esters is 1. The summed E-state index contributed by atoms with van der Waals surface area (Å²) in [6.07, 6.45) is 0. The first kappa shape index (κ1) is 17.0. The number of hydrogen-bond donors (Lipinski definition) is 1. The van der Waals surface area contributed by atoms with Gasteiger partial charge in [-0.25, -0.2) is 9.18 Å². The number of amides is 1. The zero-order valence-corrected chi connectivity index (χ0v) is 13.1. The van der Waals surface area contributed by atoms with Crippen LogP contribution in [0.5, 0.6) is 0 Å². The van der Waals surface area contributed by atoms with E-state index in [2.05, 4.69) is 5.32 Å². The molecular formula is C17H15ClFNO3. The fourth-order valence-corrected chi connectivity index (χ4v) is 2.18. The highest BCUT2D eigenvalue weighted by molar-refractivity contribution is 6.30. The molecule has 0 fully saturated rings. The number of nitrogens with one attached hydrogen (secondary N) is 1. The van der Waals surface area contributed by atoms with E-state index in [-0.39, 0.29) is 11.6 Å². The largest absolute Gasteiger partial charge is 0.452 e. The van der Waals surface area contributed by atoms with Crippen LogP contribution in [0, 0.1) is 5.82 Å². The summed E-state index contributed by atoms with van der Waals surface area (Å²) in [7, 11) is 0. The molecule has 0 heterocycles. The molecule has 6 heteroatoms. The molecule has 0 aliphatic carbocycles. The van der Waals surface area contributed by atoms with E-state index < -0.39 is 24.3 Å². The van der Waals surface area contributed by atoms with Gasteiger partial charge in [0.2, 0.25) is 0 Å². The molecule has 0 radical (unpaired) electrons. The van der Waals surface area contributed by atoms with E-state index >= 15 is 0 Å². The van der Waals surface area contributed by atoms with Crippen molar-refractivity contribution in [1.29, 1.82) is 0 Å². The van der Waals surface area contributed by atoms with Gasteiger partial charge in [-0.1, -0.05) is 35.9 Å². The fraction of sp³-hybridized carbons (Fsp3) is 0.176. The van der Waals surface area contributed by atoms with Crippen molar-refractivity contribution < 1.29 is 18.7 Å². The van der Waals surface area contributed by atoms with Crippen LogP contribution in [0.3, 0.4) is 0 Å². The molecule has 0 spiro atoms. The van der Waals surface area contributed by atoms with Crippen LogP contribution in [0.4, 0.5) is 4.39 Å². The van der Waals surface area contributed by atoms with Gasteiger partial charge in [-0.15, -0.1) is 0 Å². The summed E-state index contributed by atoms with van der Waals surface area (Å²) < 4.78 is 18.2. The molecule has 0 unspecified atom stereocenters. The Labute approximate surface area is 138 Å². The zero-order valence-electron chi connectivity index (χ0n) is 12.4. The Bertz CT molecular complexity index is 720. The summed E-state index contributed by atoms with van der Waals surface area (Å²) in [4.78, 5) is 23.5. The summed E-state index contributed by atoms with van der Waals surface area (Å²) in [5, 5.41) is 3.24. The second-order valence-corrected chi connectivity index (χ2v) is 5.34. The lowest BCUT2D eigenvalue weighted by atomic mass is 10.1. The van der Waals surface area contributed by atoms with Crippen molar-refractivity contribution in [3.8, 4) is 0 Å². The van der Waals surface area contributed by atoms with E-state index in [1.165, 1.54) is 18.2 Å². The van der Waals surface area contributed by atoms with Gasteiger partial charge >= 0.3 is 5.97 Å². The van der Waals surface area contributed by atoms with E-state index in [0.717, 1.165) is 11.6 Å². The van der Waals surface area contributed by atoms with Crippen LogP contribution >= 0.6 is 11.6 Å². The van der Waals surface area contributed by atoms with E-state index in [1.807, 2.05) is 6.07 Å². The molecule has 120 valence electrons. The molecule has 0 aliphatic rings. The zero-order chi connectivity index (χ0) is 16.8. The van der Waals surface area contributed by atoms with E-state index in [4.69, 9.17) is 16.3 Å². The van der Waals surface area contributed by atoms with Crippen molar-refractivity contribution in [1.82, 2.24) is 5.32 Å². The molecule has 4 nitrogen and oxygen atoms in total. The predicted octanol–water partition coefficient (Wildman–Crippen LogP) is 3.51. The molecule has 0 saturated carbocycles. The fourth-order valence-electron chi connectivity index (χ4n) is 1.98. The average Bonchev–Trinajstić information content (AvgIpc) is 2.53. The van der Waals surface area contributed by atoms with Gasteiger partial charge in [0.15, 0.2) is 6.61 Å². The third-order valence-corrected chi connectivity index (χ3v) is 3.39. The first-order chi connectivity index (χ1) is 11.0. The average molecular weight is 336 g/mol. The van der Waals surface area contributed by atoms with Gasteiger partial charge in [-0.05, 0) is 36.8 Å². The highest BCUT2D eigenvalue weighted by atomic mass is 35.5. The highest BCUT2D eigenvalue weighted by Gasteiger charge is 2.15. The molecular weight excluding hydrogens is 321 g/mol. The van der Waals surface area contributed by atoms with Crippen molar-refractivity contribution in [2.75, 3.05) is 6.61 Å². The van der Waals surface area contributed by atoms with Crippen LogP contribution in [0.1, 0.15) is 28.9 Å². The van der Waals surface area contributed by atoms with Crippen LogP contribution in [-0.2, 0) is 9.53 Å². The van der Waals surface area contributed by atoms with Gasteiger partial charge < -0.3 is 10.1 Å². The molecule has 2 aromatic rings. The lowest BCUT2D eigenvalue weighted by molar-refractivity contribution is -0.124. The quantitative estimate of drug-likeness (QED) is 0.851. The number of benzene rings is 2. The smallest absolute Gasteiger partial charge is 0.341 e. The standard InChI is InChI=1S/C17H15ClFNO3/c1-11(12-5-4-6-13(18)9-12)20-16(21)10-23-17(22)14-7-2-3-8-15(14)19/h2-9,11H,10H2,1H3,(H,20,21)/t11-/m1/s1. The third kappa shape index (κ3) is 4.79. The second kappa shape index (κ2) is 7.74. The van der Waals surface area contributed by atoms with Gasteiger partial charge in [0.05, 0.1) is 11.6 Å². The molecule has 0 saturated heterocycles. The third-order valence-electron chi connectivity index (χ3n) is 3.15. The molecule has 0 bridgehead atoms. The summed E-state index contributed by atoms with van der Waals surface area (Å²) in [6.45, 7) is 1.29. The lowest BCUT2D eigenvalue weighted by Crippen LogP contribution is -2.31. The van der Waals surface area contributed by atoms with Gasteiger partial charge in [0.25, 0.3) is 5.91 Å². The Balaban J connectivity index is 1.88. The molecule has 2 rings (SSSR count). The van der Waals surface area contributed by atoms with Crippen molar-refractivity contribution in [3.63, 3.8) is 0 Å². The normalized spacial score (nSPS) is 11.6. The topological polar surface area (TPSA) is 55.4 Å². The number of ether oxygens (including phenoxy) is 1. The maximum Gasteiger partial charge on any atom is 0.341 e. The predicted molar refractivity (Wildman–Crippen MR) is 84.7 cm³/mol.